The van der Waals surface area contributed by atoms with Gasteiger partial charge >= 0.3 is 0 Å². The van der Waals surface area contributed by atoms with Crippen LogP contribution in [0.15, 0.2) is 24.3 Å². The molecule has 1 unspecified atom stereocenters. The molecule has 1 heterocycles. The van der Waals surface area contributed by atoms with E-state index < -0.39 is 0 Å². The molecule has 0 aliphatic heterocycles. The molecule has 0 aliphatic rings. The summed E-state index contributed by atoms with van der Waals surface area (Å²) in [4.78, 5) is 5.86. The summed E-state index contributed by atoms with van der Waals surface area (Å²) in [6.45, 7) is 7.29. The maximum Gasteiger partial charge on any atom is 0.0459 e. The monoisotopic (exact) mass is 259 g/mol. The van der Waals surface area contributed by atoms with Gasteiger partial charge in [0.2, 0.25) is 0 Å². The molecular weight excluding hydrogens is 234 g/mol. The van der Waals surface area contributed by atoms with Gasteiger partial charge in [-0.3, -0.25) is 0 Å². The number of nitrogens with one attached hydrogen (secondary N) is 1. The van der Waals surface area contributed by atoms with Crippen LogP contribution in [-0.4, -0.2) is 30.0 Å². The van der Waals surface area contributed by atoms with E-state index in [1.54, 1.807) is 0 Å². The molecule has 0 spiro atoms. The summed E-state index contributed by atoms with van der Waals surface area (Å²) < 4.78 is 0. The summed E-state index contributed by atoms with van der Waals surface area (Å²) in [5.41, 5.74) is 9.54. The second kappa shape index (κ2) is 6.22. The largest absolute Gasteiger partial charge is 0.358 e. The maximum absolute atomic E-state index is 5.62. The molecule has 3 N–H and O–H groups in total. The van der Waals surface area contributed by atoms with Crippen LogP contribution >= 0.6 is 0 Å². The number of nitrogens with zero attached hydrogens (tertiary/aromatic N) is 1. The molecule has 2 rings (SSSR count). The van der Waals surface area contributed by atoms with Gasteiger partial charge in [-0.05, 0) is 44.5 Å². The molecule has 1 aromatic carbocycles. The zero-order chi connectivity index (χ0) is 13.8. The van der Waals surface area contributed by atoms with Crippen molar-refractivity contribution in [2.24, 2.45) is 11.7 Å². The van der Waals surface area contributed by atoms with E-state index in [0.29, 0.717) is 5.92 Å². The van der Waals surface area contributed by atoms with Crippen LogP contribution in [0.25, 0.3) is 10.9 Å². The third-order valence-corrected chi connectivity index (χ3v) is 3.74. The van der Waals surface area contributed by atoms with Crippen molar-refractivity contribution < 1.29 is 0 Å². The quantitative estimate of drug-likeness (QED) is 0.838. The lowest BCUT2D eigenvalue weighted by atomic mass is 10.1. The van der Waals surface area contributed by atoms with E-state index in [4.69, 9.17) is 5.73 Å². The SMILES string of the molecule is Cc1[nH]c2ccccc2c1CN(C)CC(C)CCN. The molecule has 0 amide bonds. The predicted molar refractivity (Wildman–Crippen MR) is 82.2 cm³/mol. The highest BCUT2D eigenvalue weighted by atomic mass is 15.1. The van der Waals surface area contributed by atoms with E-state index in [1.807, 2.05) is 0 Å². The molecule has 0 bridgehead atoms. The molecule has 104 valence electrons. The van der Waals surface area contributed by atoms with E-state index in [9.17, 15) is 0 Å². The highest BCUT2D eigenvalue weighted by Crippen LogP contribution is 2.23. The average molecular weight is 259 g/mol. The first-order chi connectivity index (χ1) is 9.11. The van der Waals surface area contributed by atoms with Gasteiger partial charge < -0.3 is 15.6 Å². The number of hydrogen-bond donors (Lipinski definition) is 2. The van der Waals surface area contributed by atoms with Crippen molar-refractivity contribution in [3.8, 4) is 0 Å². The van der Waals surface area contributed by atoms with Crippen molar-refractivity contribution in [1.29, 1.82) is 0 Å². The van der Waals surface area contributed by atoms with Crippen LogP contribution < -0.4 is 5.73 Å². The molecule has 0 saturated carbocycles. The number of fused-ring (bicyclic) bond motifs is 1. The number of hydrogen-bond acceptors (Lipinski definition) is 2. The Morgan fingerprint density at radius 3 is 2.79 bits per heavy atom. The van der Waals surface area contributed by atoms with Crippen LogP contribution in [0, 0.1) is 12.8 Å². The Morgan fingerprint density at radius 2 is 2.05 bits per heavy atom. The van der Waals surface area contributed by atoms with Crippen molar-refractivity contribution in [2.45, 2.75) is 26.8 Å². The molecule has 0 saturated heterocycles. The molecule has 3 nitrogen and oxygen atoms in total. The van der Waals surface area contributed by atoms with E-state index in [0.717, 1.165) is 26.1 Å². The van der Waals surface area contributed by atoms with Gasteiger partial charge in [-0.1, -0.05) is 25.1 Å². The zero-order valence-corrected chi connectivity index (χ0v) is 12.2. The van der Waals surface area contributed by atoms with E-state index in [-0.39, 0.29) is 0 Å². The van der Waals surface area contributed by atoms with Crippen LogP contribution in [0.1, 0.15) is 24.6 Å². The first-order valence-corrected chi connectivity index (χ1v) is 7.06. The zero-order valence-electron chi connectivity index (χ0n) is 12.2. The number of aromatic nitrogens is 1. The van der Waals surface area contributed by atoms with Gasteiger partial charge in [-0.15, -0.1) is 0 Å². The van der Waals surface area contributed by atoms with Crippen molar-refractivity contribution in [3.05, 3.63) is 35.5 Å². The number of aryl methyl sites for hydroxylation is 1. The Kier molecular flexibility index (Phi) is 4.61. The number of para-hydroxylation sites is 1. The molecule has 19 heavy (non-hydrogen) atoms. The van der Waals surface area contributed by atoms with Crippen LogP contribution in [0.5, 0.6) is 0 Å². The van der Waals surface area contributed by atoms with E-state index in [2.05, 4.69) is 55.0 Å². The van der Waals surface area contributed by atoms with Crippen LogP contribution in [-0.2, 0) is 6.54 Å². The maximum atomic E-state index is 5.62. The first-order valence-electron chi connectivity index (χ1n) is 7.06. The van der Waals surface area contributed by atoms with Crippen LogP contribution in [0.3, 0.4) is 0 Å². The van der Waals surface area contributed by atoms with Crippen molar-refractivity contribution in [3.63, 3.8) is 0 Å². The summed E-state index contributed by atoms with van der Waals surface area (Å²) in [6, 6.07) is 8.53. The van der Waals surface area contributed by atoms with Crippen molar-refractivity contribution in [1.82, 2.24) is 9.88 Å². The molecule has 2 aromatic rings. The number of benzene rings is 1. The second-order valence-electron chi connectivity index (χ2n) is 5.65. The predicted octanol–water partition coefficient (Wildman–Crippen LogP) is 2.89. The Hall–Kier alpha value is -1.32. The van der Waals surface area contributed by atoms with Gasteiger partial charge in [0, 0.05) is 29.7 Å². The lowest BCUT2D eigenvalue weighted by Crippen LogP contribution is -2.25. The van der Waals surface area contributed by atoms with Gasteiger partial charge in [-0.25, -0.2) is 0 Å². The highest BCUT2D eigenvalue weighted by Gasteiger charge is 2.12. The third kappa shape index (κ3) is 3.37. The molecular formula is C16H25N3. The van der Waals surface area contributed by atoms with Gasteiger partial charge in [0.05, 0.1) is 0 Å². The Labute approximate surface area is 115 Å². The Morgan fingerprint density at radius 1 is 1.32 bits per heavy atom. The number of rotatable bonds is 6. The van der Waals surface area contributed by atoms with Gasteiger partial charge in [-0.2, -0.15) is 0 Å². The minimum atomic E-state index is 0.653. The van der Waals surface area contributed by atoms with Crippen LogP contribution in [0.4, 0.5) is 0 Å². The highest BCUT2D eigenvalue weighted by molar-refractivity contribution is 5.84. The van der Waals surface area contributed by atoms with Crippen molar-refractivity contribution in [2.75, 3.05) is 20.1 Å². The first kappa shape index (κ1) is 14.1. The third-order valence-electron chi connectivity index (χ3n) is 3.74. The van der Waals surface area contributed by atoms with E-state index in [1.165, 1.54) is 22.2 Å². The minimum Gasteiger partial charge on any atom is -0.358 e. The fourth-order valence-electron chi connectivity index (χ4n) is 2.78. The Balaban J connectivity index is 2.10. The molecule has 1 aromatic heterocycles. The number of nitrogens with two attached hydrogens (primary N) is 1. The fourth-order valence-corrected chi connectivity index (χ4v) is 2.78. The minimum absolute atomic E-state index is 0.653. The lowest BCUT2D eigenvalue weighted by Gasteiger charge is -2.21. The second-order valence-corrected chi connectivity index (χ2v) is 5.65. The molecule has 3 heteroatoms. The topological polar surface area (TPSA) is 45.0 Å². The normalized spacial score (nSPS) is 13.3. The van der Waals surface area contributed by atoms with Gasteiger partial charge in [0.15, 0.2) is 0 Å². The van der Waals surface area contributed by atoms with Gasteiger partial charge in [0.25, 0.3) is 0 Å². The number of aromatic amines is 1. The lowest BCUT2D eigenvalue weighted by molar-refractivity contribution is 0.273. The summed E-state index contributed by atoms with van der Waals surface area (Å²) in [7, 11) is 2.19. The Bertz CT molecular complexity index is 530. The number of H-pyrrole nitrogens is 1. The summed E-state index contributed by atoms with van der Waals surface area (Å²) >= 11 is 0. The molecule has 0 radical (unpaired) electrons. The fraction of sp³-hybridized carbons (Fsp3) is 0.500. The van der Waals surface area contributed by atoms with E-state index >= 15 is 0 Å². The van der Waals surface area contributed by atoms with Crippen molar-refractivity contribution >= 4 is 10.9 Å². The van der Waals surface area contributed by atoms with Crippen LogP contribution in [0.2, 0.25) is 0 Å². The standard InChI is InChI=1S/C16H25N3/c1-12(8-9-17)10-19(3)11-15-13(2)18-16-7-5-4-6-14(15)16/h4-7,12,18H,8-11,17H2,1-3H3. The summed E-state index contributed by atoms with van der Waals surface area (Å²) in [5, 5.41) is 1.35. The molecule has 1 atom stereocenters. The molecule has 0 aliphatic carbocycles. The smallest absolute Gasteiger partial charge is 0.0459 e. The van der Waals surface area contributed by atoms with Gasteiger partial charge in [0.1, 0.15) is 0 Å². The average Bonchev–Trinajstić information content (AvgIpc) is 2.66. The molecule has 0 fully saturated rings. The summed E-state index contributed by atoms with van der Waals surface area (Å²) in [5.74, 6) is 0.653. The summed E-state index contributed by atoms with van der Waals surface area (Å²) in [6.07, 6.45) is 1.09.